The third-order valence-electron chi connectivity index (χ3n) is 2.82. The monoisotopic (exact) mass is 281 g/mol. The Bertz CT molecular complexity index is 850. The summed E-state index contributed by atoms with van der Waals surface area (Å²) in [5.74, 6) is 6.95. The predicted octanol–water partition coefficient (Wildman–Crippen LogP) is 2.48. The highest BCUT2D eigenvalue weighted by molar-refractivity contribution is 5.86. The number of nitriles is 1. The van der Waals surface area contributed by atoms with E-state index in [1.165, 1.54) is 6.07 Å². The SMILES string of the molecule is Cc1nc(NN)cc(Oc2c(C#N)oc3ccccc23)n1. The second-order valence-corrected chi connectivity index (χ2v) is 4.25. The predicted molar refractivity (Wildman–Crippen MR) is 75.6 cm³/mol. The number of aromatic nitrogens is 2. The number of benzene rings is 1. The van der Waals surface area contributed by atoms with Crippen molar-refractivity contribution in [3.05, 3.63) is 41.9 Å². The Morgan fingerprint density at radius 1 is 1.33 bits per heavy atom. The van der Waals surface area contributed by atoms with Gasteiger partial charge >= 0.3 is 0 Å². The molecule has 0 aliphatic heterocycles. The Morgan fingerprint density at radius 3 is 2.90 bits per heavy atom. The highest BCUT2D eigenvalue weighted by Gasteiger charge is 2.17. The number of furan rings is 1. The molecule has 0 radical (unpaired) electrons. The minimum absolute atomic E-state index is 0.0923. The van der Waals surface area contributed by atoms with Crippen LogP contribution in [-0.2, 0) is 0 Å². The van der Waals surface area contributed by atoms with E-state index in [0.717, 1.165) is 0 Å². The van der Waals surface area contributed by atoms with Gasteiger partial charge in [-0.2, -0.15) is 10.2 Å². The second-order valence-electron chi connectivity index (χ2n) is 4.25. The normalized spacial score (nSPS) is 10.3. The maximum Gasteiger partial charge on any atom is 0.247 e. The lowest BCUT2D eigenvalue weighted by atomic mass is 10.2. The molecule has 2 aromatic heterocycles. The number of hydrogen-bond donors (Lipinski definition) is 2. The Balaban J connectivity index is 2.09. The first-order chi connectivity index (χ1) is 10.2. The summed E-state index contributed by atoms with van der Waals surface area (Å²) >= 11 is 0. The van der Waals surface area contributed by atoms with E-state index in [0.29, 0.717) is 28.4 Å². The van der Waals surface area contributed by atoms with Crippen molar-refractivity contribution in [1.82, 2.24) is 9.97 Å². The quantitative estimate of drug-likeness (QED) is 0.560. The lowest BCUT2D eigenvalue weighted by Gasteiger charge is -2.06. The number of para-hydroxylation sites is 1. The van der Waals surface area contributed by atoms with Crippen LogP contribution in [0.3, 0.4) is 0 Å². The van der Waals surface area contributed by atoms with Gasteiger partial charge in [-0.1, -0.05) is 12.1 Å². The lowest BCUT2D eigenvalue weighted by Crippen LogP contribution is -2.09. The van der Waals surface area contributed by atoms with E-state index in [-0.39, 0.29) is 11.6 Å². The Labute approximate surface area is 119 Å². The molecule has 0 bridgehead atoms. The average molecular weight is 281 g/mol. The van der Waals surface area contributed by atoms with E-state index < -0.39 is 0 Å². The number of rotatable bonds is 3. The molecule has 3 aromatic rings. The van der Waals surface area contributed by atoms with E-state index >= 15 is 0 Å². The molecule has 0 atom stereocenters. The molecule has 0 fully saturated rings. The largest absolute Gasteiger partial charge is 0.442 e. The Morgan fingerprint density at radius 2 is 2.14 bits per heavy atom. The van der Waals surface area contributed by atoms with Gasteiger partial charge in [0.15, 0.2) is 5.75 Å². The molecule has 0 saturated carbocycles. The van der Waals surface area contributed by atoms with Crippen LogP contribution in [0, 0.1) is 18.3 Å². The van der Waals surface area contributed by atoms with Crippen molar-refractivity contribution in [2.24, 2.45) is 5.84 Å². The van der Waals surface area contributed by atoms with Crippen molar-refractivity contribution in [1.29, 1.82) is 5.26 Å². The number of hydrogen-bond acceptors (Lipinski definition) is 7. The maximum absolute atomic E-state index is 9.16. The number of anilines is 1. The minimum atomic E-state index is 0.0923. The first-order valence-electron chi connectivity index (χ1n) is 6.13. The van der Waals surface area contributed by atoms with Crippen LogP contribution in [0.2, 0.25) is 0 Å². The molecule has 3 rings (SSSR count). The summed E-state index contributed by atoms with van der Waals surface area (Å²) in [6.45, 7) is 1.71. The van der Waals surface area contributed by atoms with Crippen molar-refractivity contribution in [3.8, 4) is 17.7 Å². The van der Waals surface area contributed by atoms with Crippen LogP contribution in [0.5, 0.6) is 11.6 Å². The lowest BCUT2D eigenvalue weighted by molar-refractivity contribution is 0.448. The fourth-order valence-corrected chi connectivity index (χ4v) is 1.97. The summed E-state index contributed by atoms with van der Waals surface area (Å²) in [6.07, 6.45) is 0. The molecule has 0 spiro atoms. The maximum atomic E-state index is 9.16. The van der Waals surface area contributed by atoms with Gasteiger partial charge in [0, 0.05) is 6.07 Å². The fourth-order valence-electron chi connectivity index (χ4n) is 1.97. The molecule has 0 unspecified atom stereocenters. The fraction of sp³-hybridized carbons (Fsp3) is 0.0714. The van der Waals surface area contributed by atoms with Crippen LogP contribution in [-0.4, -0.2) is 9.97 Å². The van der Waals surface area contributed by atoms with Gasteiger partial charge in [0.2, 0.25) is 11.6 Å². The minimum Gasteiger partial charge on any atom is -0.442 e. The number of nitrogens with two attached hydrogens (primary N) is 1. The summed E-state index contributed by atoms with van der Waals surface area (Å²) in [5, 5.41) is 9.87. The zero-order valence-corrected chi connectivity index (χ0v) is 11.1. The summed E-state index contributed by atoms with van der Waals surface area (Å²) < 4.78 is 11.2. The molecule has 2 heterocycles. The van der Waals surface area contributed by atoms with Gasteiger partial charge in [-0.15, -0.1) is 0 Å². The van der Waals surface area contributed by atoms with Crippen molar-refractivity contribution >= 4 is 16.8 Å². The smallest absolute Gasteiger partial charge is 0.247 e. The van der Waals surface area contributed by atoms with Crippen molar-refractivity contribution in [2.75, 3.05) is 5.43 Å². The van der Waals surface area contributed by atoms with E-state index in [1.807, 2.05) is 24.3 Å². The molecule has 3 N–H and O–H groups in total. The number of hydrazine groups is 1. The van der Waals surface area contributed by atoms with Crippen LogP contribution in [0.4, 0.5) is 5.82 Å². The van der Waals surface area contributed by atoms with E-state index in [1.54, 1.807) is 13.0 Å². The average Bonchev–Trinajstić information content (AvgIpc) is 2.85. The molecule has 104 valence electrons. The molecule has 1 aromatic carbocycles. The number of nitrogens with one attached hydrogen (secondary N) is 1. The van der Waals surface area contributed by atoms with Crippen LogP contribution in [0.15, 0.2) is 34.7 Å². The van der Waals surface area contributed by atoms with Gasteiger partial charge in [-0.25, -0.2) is 10.8 Å². The van der Waals surface area contributed by atoms with E-state index in [9.17, 15) is 0 Å². The van der Waals surface area contributed by atoms with Gasteiger partial charge in [-0.3, -0.25) is 0 Å². The molecule has 0 aliphatic rings. The highest BCUT2D eigenvalue weighted by atomic mass is 16.5. The van der Waals surface area contributed by atoms with Gasteiger partial charge < -0.3 is 14.6 Å². The second kappa shape index (κ2) is 5.11. The van der Waals surface area contributed by atoms with Gasteiger partial charge in [0.05, 0.1) is 5.39 Å². The zero-order valence-electron chi connectivity index (χ0n) is 11.1. The number of nitrogen functional groups attached to an aromatic ring is 1. The van der Waals surface area contributed by atoms with Gasteiger partial charge in [-0.05, 0) is 19.1 Å². The number of fused-ring (bicyclic) bond motifs is 1. The number of nitrogens with zero attached hydrogens (tertiary/aromatic N) is 3. The topological polar surface area (TPSA) is 110 Å². The standard InChI is InChI=1S/C14H11N5O2/c1-8-17-12(19-16)6-13(18-8)21-14-9-4-2-3-5-10(9)20-11(14)7-15/h2-6H,16H2,1H3,(H,17,18,19). The molecule has 21 heavy (non-hydrogen) atoms. The zero-order chi connectivity index (χ0) is 14.8. The first-order valence-corrected chi connectivity index (χ1v) is 6.13. The molecule has 0 amide bonds. The Hall–Kier alpha value is -3.11. The highest BCUT2D eigenvalue weighted by Crippen LogP contribution is 2.35. The van der Waals surface area contributed by atoms with E-state index in [4.69, 9.17) is 20.3 Å². The van der Waals surface area contributed by atoms with Gasteiger partial charge in [0.1, 0.15) is 23.3 Å². The first kappa shape index (κ1) is 12.9. The Kier molecular flexibility index (Phi) is 3.14. The van der Waals surface area contributed by atoms with Crippen LogP contribution < -0.4 is 16.0 Å². The molecule has 0 aliphatic carbocycles. The molecule has 7 nitrogen and oxygen atoms in total. The van der Waals surface area contributed by atoms with Crippen LogP contribution in [0.25, 0.3) is 11.0 Å². The van der Waals surface area contributed by atoms with Crippen molar-refractivity contribution < 1.29 is 9.15 Å². The van der Waals surface area contributed by atoms with Crippen LogP contribution >= 0.6 is 0 Å². The number of aryl methyl sites for hydroxylation is 1. The molecule has 7 heteroatoms. The summed E-state index contributed by atoms with van der Waals surface area (Å²) in [7, 11) is 0. The molecular formula is C14H11N5O2. The molecule has 0 saturated heterocycles. The molecular weight excluding hydrogens is 270 g/mol. The van der Waals surface area contributed by atoms with Crippen LogP contribution in [0.1, 0.15) is 11.6 Å². The third kappa shape index (κ3) is 2.35. The van der Waals surface area contributed by atoms with Crippen molar-refractivity contribution in [2.45, 2.75) is 6.92 Å². The van der Waals surface area contributed by atoms with Gasteiger partial charge in [0.25, 0.3) is 0 Å². The number of ether oxygens (including phenoxy) is 1. The summed E-state index contributed by atoms with van der Waals surface area (Å²) in [5.41, 5.74) is 3.01. The van der Waals surface area contributed by atoms with Crippen molar-refractivity contribution in [3.63, 3.8) is 0 Å². The third-order valence-corrected chi connectivity index (χ3v) is 2.82. The van der Waals surface area contributed by atoms with E-state index in [2.05, 4.69) is 15.4 Å². The summed E-state index contributed by atoms with van der Waals surface area (Å²) in [4.78, 5) is 8.23. The summed E-state index contributed by atoms with van der Waals surface area (Å²) in [6, 6.07) is 10.7.